The third kappa shape index (κ3) is 6.46. The van der Waals surface area contributed by atoms with Gasteiger partial charge in [-0.2, -0.15) is 0 Å². The molecule has 0 aliphatic rings. The second-order valence-electron chi connectivity index (χ2n) is 5.32. The molecule has 6 heteroatoms. The molecule has 0 saturated heterocycles. The van der Waals surface area contributed by atoms with E-state index in [1.165, 1.54) is 11.3 Å². The Hall–Kier alpha value is -0.430. The van der Waals surface area contributed by atoms with E-state index < -0.39 is 10.0 Å². The zero-order chi connectivity index (χ0) is 15.7. The van der Waals surface area contributed by atoms with Crippen LogP contribution in [0.4, 0.5) is 0 Å². The highest BCUT2D eigenvalue weighted by molar-refractivity contribution is 7.91. The Morgan fingerprint density at radius 2 is 2.05 bits per heavy atom. The van der Waals surface area contributed by atoms with Crippen molar-refractivity contribution < 1.29 is 8.42 Å². The molecule has 1 rings (SSSR count). The van der Waals surface area contributed by atoms with E-state index in [-0.39, 0.29) is 0 Å². The lowest BCUT2D eigenvalue weighted by Gasteiger charge is -2.14. The zero-order valence-electron chi connectivity index (χ0n) is 13.3. The number of hydrogen-bond acceptors (Lipinski definition) is 4. The molecule has 4 nitrogen and oxygen atoms in total. The summed E-state index contributed by atoms with van der Waals surface area (Å²) < 4.78 is 27.8. The standard InChI is InChI=1S/C15H28N2O2S2/c1-4-7-8-13(5-2)11-17-21(18,19)15-9-14(12-20-15)10-16-6-3/h9,12-13,16-17H,4-8,10-11H2,1-3H3. The highest BCUT2D eigenvalue weighted by Crippen LogP contribution is 2.21. The topological polar surface area (TPSA) is 58.2 Å². The minimum atomic E-state index is -3.35. The largest absolute Gasteiger partial charge is 0.313 e. The zero-order valence-corrected chi connectivity index (χ0v) is 14.9. The summed E-state index contributed by atoms with van der Waals surface area (Å²) in [5.41, 5.74) is 1.03. The first-order valence-corrected chi connectivity index (χ1v) is 10.2. The Balaban J connectivity index is 2.57. The molecule has 1 unspecified atom stereocenters. The average molecular weight is 333 g/mol. The summed E-state index contributed by atoms with van der Waals surface area (Å²) in [4.78, 5) is 0. The van der Waals surface area contributed by atoms with Gasteiger partial charge in [0.25, 0.3) is 0 Å². The number of rotatable bonds is 11. The number of sulfonamides is 1. The maximum Gasteiger partial charge on any atom is 0.250 e. The van der Waals surface area contributed by atoms with Crippen molar-refractivity contribution in [1.82, 2.24) is 10.0 Å². The minimum absolute atomic E-state index is 0.417. The predicted molar refractivity (Wildman–Crippen MR) is 90.2 cm³/mol. The van der Waals surface area contributed by atoms with Crippen molar-refractivity contribution in [3.05, 3.63) is 17.0 Å². The van der Waals surface area contributed by atoms with Crippen molar-refractivity contribution in [3.63, 3.8) is 0 Å². The fourth-order valence-corrected chi connectivity index (χ4v) is 4.47. The first kappa shape index (κ1) is 18.6. The molecule has 122 valence electrons. The Bertz CT molecular complexity index is 498. The van der Waals surface area contributed by atoms with Crippen molar-refractivity contribution in [1.29, 1.82) is 0 Å². The summed E-state index contributed by atoms with van der Waals surface area (Å²) in [7, 11) is -3.35. The van der Waals surface area contributed by atoms with Gasteiger partial charge in [0, 0.05) is 13.1 Å². The Morgan fingerprint density at radius 3 is 2.67 bits per heavy atom. The number of hydrogen-bond donors (Lipinski definition) is 2. The normalized spacial score (nSPS) is 13.5. The van der Waals surface area contributed by atoms with Gasteiger partial charge < -0.3 is 5.32 Å². The van der Waals surface area contributed by atoms with Gasteiger partial charge in [-0.25, -0.2) is 13.1 Å². The number of nitrogens with one attached hydrogen (secondary N) is 2. The molecule has 21 heavy (non-hydrogen) atoms. The van der Waals surface area contributed by atoms with E-state index in [1.54, 1.807) is 6.07 Å². The van der Waals surface area contributed by atoms with Gasteiger partial charge in [-0.1, -0.05) is 40.0 Å². The molecule has 0 fully saturated rings. The molecule has 0 radical (unpaired) electrons. The molecular weight excluding hydrogens is 304 g/mol. The first-order valence-electron chi connectivity index (χ1n) is 7.81. The first-order chi connectivity index (χ1) is 10.0. The van der Waals surface area contributed by atoms with Crippen LogP contribution < -0.4 is 10.0 Å². The molecule has 0 aliphatic heterocycles. The van der Waals surface area contributed by atoms with Gasteiger partial charge in [0.1, 0.15) is 4.21 Å². The van der Waals surface area contributed by atoms with Crippen LogP contribution >= 0.6 is 11.3 Å². The fourth-order valence-electron chi connectivity index (χ4n) is 2.10. The summed E-state index contributed by atoms with van der Waals surface area (Å²) >= 11 is 1.29. The fraction of sp³-hybridized carbons (Fsp3) is 0.733. The summed E-state index contributed by atoms with van der Waals surface area (Å²) in [6.45, 7) is 8.46. The maximum absolute atomic E-state index is 12.3. The minimum Gasteiger partial charge on any atom is -0.313 e. The van der Waals surface area contributed by atoms with Gasteiger partial charge in [-0.15, -0.1) is 11.3 Å². The van der Waals surface area contributed by atoms with Crippen LogP contribution in [0.5, 0.6) is 0 Å². The summed E-state index contributed by atoms with van der Waals surface area (Å²) in [6.07, 6.45) is 4.41. The highest BCUT2D eigenvalue weighted by atomic mass is 32.2. The van der Waals surface area contributed by atoms with Crippen molar-refractivity contribution in [2.45, 2.75) is 57.2 Å². The van der Waals surface area contributed by atoms with E-state index in [2.05, 4.69) is 23.9 Å². The SMILES string of the molecule is CCCCC(CC)CNS(=O)(=O)c1cc(CNCC)cs1. The lowest BCUT2D eigenvalue weighted by molar-refractivity contribution is 0.444. The van der Waals surface area contributed by atoms with Crippen LogP contribution in [0.25, 0.3) is 0 Å². The third-order valence-electron chi connectivity index (χ3n) is 3.58. The Morgan fingerprint density at radius 1 is 1.29 bits per heavy atom. The van der Waals surface area contributed by atoms with Gasteiger partial charge in [0.2, 0.25) is 10.0 Å². The Kier molecular flexibility index (Phi) is 8.48. The van der Waals surface area contributed by atoms with Crippen molar-refractivity contribution >= 4 is 21.4 Å². The highest BCUT2D eigenvalue weighted by Gasteiger charge is 2.18. The smallest absolute Gasteiger partial charge is 0.250 e. The van der Waals surface area contributed by atoms with E-state index in [0.717, 1.165) is 44.3 Å². The second kappa shape index (κ2) is 9.56. The van der Waals surface area contributed by atoms with E-state index >= 15 is 0 Å². The van der Waals surface area contributed by atoms with Crippen LogP contribution in [0.2, 0.25) is 0 Å². The molecule has 0 amide bonds. The maximum atomic E-state index is 12.3. The molecule has 1 aromatic rings. The molecule has 0 aromatic carbocycles. The van der Waals surface area contributed by atoms with Gasteiger partial charge in [0.05, 0.1) is 0 Å². The van der Waals surface area contributed by atoms with E-state index in [1.807, 2.05) is 12.3 Å². The van der Waals surface area contributed by atoms with Crippen LogP contribution in [-0.4, -0.2) is 21.5 Å². The molecule has 0 spiro atoms. The molecule has 2 N–H and O–H groups in total. The van der Waals surface area contributed by atoms with E-state index in [0.29, 0.717) is 16.7 Å². The molecule has 0 saturated carbocycles. The van der Waals surface area contributed by atoms with Crippen LogP contribution in [0.15, 0.2) is 15.7 Å². The van der Waals surface area contributed by atoms with E-state index in [4.69, 9.17) is 0 Å². The lowest BCUT2D eigenvalue weighted by Crippen LogP contribution is -2.28. The van der Waals surface area contributed by atoms with Crippen LogP contribution in [0, 0.1) is 5.92 Å². The lowest BCUT2D eigenvalue weighted by atomic mass is 10.00. The summed E-state index contributed by atoms with van der Waals surface area (Å²) in [6, 6.07) is 1.77. The van der Waals surface area contributed by atoms with Crippen LogP contribution in [0.1, 0.15) is 52.0 Å². The number of unbranched alkanes of at least 4 members (excludes halogenated alkanes) is 1. The van der Waals surface area contributed by atoms with Crippen LogP contribution in [0.3, 0.4) is 0 Å². The predicted octanol–water partition coefficient (Wildman–Crippen LogP) is 3.35. The van der Waals surface area contributed by atoms with Crippen LogP contribution in [-0.2, 0) is 16.6 Å². The van der Waals surface area contributed by atoms with Crippen molar-refractivity contribution in [3.8, 4) is 0 Å². The van der Waals surface area contributed by atoms with Crippen molar-refractivity contribution in [2.75, 3.05) is 13.1 Å². The monoisotopic (exact) mass is 332 g/mol. The molecule has 0 aliphatic carbocycles. The molecule has 1 atom stereocenters. The summed E-state index contributed by atoms with van der Waals surface area (Å²) in [5, 5.41) is 5.11. The van der Waals surface area contributed by atoms with Crippen molar-refractivity contribution in [2.24, 2.45) is 5.92 Å². The molecule has 1 aromatic heterocycles. The average Bonchev–Trinajstić information content (AvgIpc) is 2.95. The molecular formula is C15H28N2O2S2. The molecule has 1 heterocycles. The Labute approximate surface area is 133 Å². The second-order valence-corrected chi connectivity index (χ2v) is 8.23. The van der Waals surface area contributed by atoms with Gasteiger partial charge >= 0.3 is 0 Å². The summed E-state index contributed by atoms with van der Waals surface area (Å²) in [5.74, 6) is 0.431. The van der Waals surface area contributed by atoms with Gasteiger partial charge in [0.15, 0.2) is 0 Å². The quantitative estimate of drug-likeness (QED) is 0.653. The van der Waals surface area contributed by atoms with Gasteiger partial charge in [-0.05, 0) is 35.9 Å². The molecule has 0 bridgehead atoms. The number of thiophene rings is 1. The third-order valence-corrected chi connectivity index (χ3v) is 6.49. The van der Waals surface area contributed by atoms with E-state index in [9.17, 15) is 8.42 Å². The van der Waals surface area contributed by atoms with Gasteiger partial charge in [-0.3, -0.25) is 0 Å².